The predicted molar refractivity (Wildman–Crippen MR) is 81.1 cm³/mol. The summed E-state index contributed by atoms with van der Waals surface area (Å²) in [6.45, 7) is 2.40. The number of hydrogen-bond donors (Lipinski definition) is 2. The fourth-order valence-electron chi connectivity index (χ4n) is 2.33. The molecule has 2 N–H and O–H groups in total. The topological polar surface area (TPSA) is 76.4 Å². The minimum Gasteiger partial charge on any atom is -0.439 e. The van der Waals surface area contributed by atoms with Crippen LogP contribution in [0.4, 0.5) is 4.79 Å². The van der Waals surface area contributed by atoms with Gasteiger partial charge in [-0.3, -0.25) is 0 Å². The maximum absolute atomic E-state index is 11.7. The third-order valence-electron chi connectivity index (χ3n) is 3.59. The van der Waals surface area contributed by atoms with Gasteiger partial charge >= 0.3 is 6.03 Å². The molecule has 1 aliphatic rings. The van der Waals surface area contributed by atoms with Crippen molar-refractivity contribution < 1.29 is 13.9 Å². The maximum Gasteiger partial charge on any atom is 0.315 e. The van der Waals surface area contributed by atoms with Gasteiger partial charge in [-0.2, -0.15) is 0 Å². The van der Waals surface area contributed by atoms with Crippen LogP contribution in [0, 0.1) is 5.92 Å². The van der Waals surface area contributed by atoms with Gasteiger partial charge in [-0.15, -0.1) is 0 Å². The van der Waals surface area contributed by atoms with Gasteiger partial charge in [0.25, 0.3) is 0 Å². The Morgan fingerprint density at radius 1 is 1.27 bits per heavy atom. The number of carbonyl (C=O) groups excluding carboxylic acids is 1. The van der Waals surface area contributed by atoms with E-state index in [1.807, 2.05) is 30.3 Å². The Kier molecular flexibility index (Phi) is 4.70. The molecular weight excluding hydrogens is 282 g/mol. The zero-order chi connectivity index (χ0) is 15.2. The van der Waals surface area contributed by atoms with E-state index in [1.165, 1.54) is 0 Å². The third kappa shape index (κ3) is 3.85. The Labute approximate surface area is 128 Å². The van der Waals surface area contributed by atoms with E-state index in [9.17, 15) is 4.79 Å². The lowest BCUT2D eigenvalue weighted by atomic mass is 10.1. The predicted octanol–water partition coefficient (Wildman–Crippen LogP) is 2.18. The SMILES string of the molecule is O=C(NCc1ncc(-c2ccccc2)o1)NCC1CCOC1. The van der Waals surface area contributed by atoms with Gasteiger partial charge in [-0.05, 0) is 6.42 Å². The normalized spacial score (nSPS) is 17.4. The van der Waals surface area contributed by atoms with E-state index in [-0.39, 0.29) is 12.6 Å². The molecule has 6 heteroatoms. The zero-order valence-corrected chi connectivity index (χ0v) is 12.2. The number of ether oxygens (including phenoxy) is 1. The summed E-state index contributed by atoms with van der Waals surface area (Å²) in [7, 11) is 0. The molecule has 2 heterocycles. The van der Waals surface area contributed by atoms with E-state index in [0.29, 0.717) is 24.1 Å². The minimum absolute atomic E-state index is 0.216. The van der Waals surface area contributed by atoms with Gasteiger partial charge in [0.2, 0.25) is 5.89 Å². The fourth-order valence-corrected chi connectivity index (χ4v) is 2.33. The molecule has 0 radical (unpaired) electrons. The van der Waals surface area contributed by atoms with E-state index < -0.39 is 0 Å². The van der Waals surface area contributed by atoms with Crippen molar-refractivity contribution in [1.82, 2.24) is 15.6 Å². The highest BCUT2D eigenvalue weighted by molar-refractivity contribution is 5.73. The highest BCUT2D eigenvalue weighted by atomic mass is 16.5. The molecular formula is C16H19N3O3. The van der Waals surface area contributed by atoms with Gasteiger partial charge in [0.1, 0.15) is 0 Å². The summed E-state index contributed by atoms with van der Waals surface area (Å²) in [5.41, 5.74) is 0.965. The fraction of sp³-hybridized carbons (Fsp3) is 0.375. The number of carbonyl (C=O) groups is 1. The monoisotopic (exact) mass is 301 g/mol. The zero-order valence-electron chi connectivity index (χ0n) is 12.2. The smallest absolute Gasteiger partial charge is 0.315 e. The van der Waals surface area contributed by atoms with Gasteiger partial charge in [-0.25, -0.2) is 9.78 Å². The highest BCUT2D eigenvalue weighted by Crippen LogP contribution is 2.19. The summed E-state index contributed by atoms with van der Waals surface area (Å²) in [5.74, 6) is 1.59. The molecule has 0 spiro atoms. The number of aromatic nitrogens is 1. The van der Waals surface area contributed by atoms with Crippen molar-refractivity contribution in [1.29, 1.82) is 0 Å². The second-order valence-corrected chi connectivity index (χ2v) is 5.28. The van der Waals surface area contributed by atoms with Gasteiger partial charge in [0.05, 0.1) is 19.3 Å². The molecule has 1 fully saturated rings. The van der Waals surface area contributed by atoms with E-state index >= 15 is 0 Å². The van der Waals surface area contributed by atoms with Crippen LogP contribution in [-0.2, 0) is 11.3 Å². The van der Waals surface area contributed by atoms with E-state index in [1.54, 1.807) is 6.20 Å². The maximum atomic E-state index is 11.7. The Bertz CT molecular complexity index is 606. The molecule has 116 valence electrons. The quantitative estimate of drug-likeness (QED) is 0.887. The van der Waals surface area contributed by atoms with Crippen molar-refractivity contribution in [2.45, 2.75) is 13.0 Å². The van der Waals surface area contributed by atoms with Crippen LogP contribution in [0.3, 0.4) is 0 Å². The molecule has 2 aromatic rings. The number of rotatable bonds is 5. The van der Waals surface area contributed by atoms with Gasteiger partial charge in [-0.1, -0.05) is 30.3 Å². The van der Waals surface area contributed by atoms with Crippen LogP contribution in [0.5, 0.6) is 0 Å². The van der Waals surface area contributed by atoms with Crippen LogP contribution < -0.4 is 10.6 Å². The average Bonchev–Trinajstić information content (AvgIpc) is 3.23. The Morgan fingerprint density at radius 2 is 2.14 bits per heavy atom. The molecule has 1 atom stereocenters. The average molecular weight is 301 g/mol. The van der Waals surface area contributed by atoms with Crippen molar-refractivity contribution >= 4 is 6.03 Å². The summed E-state index contributed by atoms with van der Waals surface area (Å²) < 4.78 is 10.9. The number of benzene rings is 1. The third-order valence-corrected chi connectivity index (χ3v) is 3.59. The van der Waals surface area contributed by atoms with Crippen LogP contribution >= 0.6 is 0 Å². The summed E-state index contributed by atoms with van der Waals surface area (Å²) in [5, 5.41) is 5.57. The number of oxazole rings is 1. The lowest BCUT2D eigenvalue weighted by molar-refractivity contribution is 0.185. The molecule has 0 bridgehead atoms. The molecule has 1 aliphatic heterocycles. The molecule has 3 rings (SSSR count). The first kappa shape index (κ1) is 14.6. The molecule has 6 nitrogen and oxygen atoms in total. The first-order valence-electron chi connectivity index (χ1n) is 7.41. The number of nitrogens with one attached hydrogen (secondary N) is 2. The summed E-state index contributed by atoms with van der Waals surface area (Å²) in [6.07, 6.45) is 2.67. The standard InChI is InChI=1S/C16H19N3O3/c20-16(18-8-12-6-7-21-11-12)19-10-15-17-9-14(22-15)13-4-2-1-3-5-13/h1-5,9,12H,6-8,10-11H2,(H2,18,19,20). The molecule has 1 unspecified atom stereocenters. The second kappa shape index (κ2) is 7.09. The summed E-state index contributed by atoms with van der Waals surface area (Å²) in [4.78, 5) is 15.9. The van der Waals surface area contributed by atoms with Crippen molar-refractivity contribution in [3.05, 3.63) is 42.4 Å². The van der Waals surface area contributed by atoms with Crippen LogP contribution in [0.25, 0.3) is 11.3 Å². The summed E-state index contributed by atoms with van der Waals surface area (Å²) in [6, 6.07) is 9.52. The van der Waals surface area contributed by atoms with E-state index in [0.717, 1.165) is 25.2 Å². The molecule has 2 amide bonds. The lowest BCUT2D eigenvalue weighted by Crippen LogP contribution is -2.38. The van der Waals surface area contributed by atoms with E-state index in [4.69, 9.17) is 9.15 Å². The molecule has 1 aromatic carbocycles. The van der Waals surface area contributed by atoms with Crippen LogP contribution in [0.1, 0.15) is 12.3 Å². The number of hydrogen-bond acceptors (Lipinski definition) is 4. The van der Waals surface area contributed by atoms with Crippen LogP contribution in [0.15, 0.2) is 40.9 Å². The van der Waals surface area contributed by atoms with Gasteiger partial charge in [0.15, 0.2) is 5.76 Å². The number of nitrogens with zero attached hydrogens (tertiary/aromatic N) is 1. The van der Waals surface area contributed by atoms with Gasteiger partial charge in [0, 0.05) is 24.6 Å². The van der Waals surface area contributed by atoms with Gasteiger partial charge < -0.3 is 19.8 Å². The Hall–Kier alpha value is -2.34. The first-order chi connectivity index (χ1) is 10.8. The van der Waals surface area contributed by atoms with Crippen molar-refractivity contribution in [3.63, 3.8) is 0 Å². The first-order valence-corrected chi connectivity index (χ1v) is 7.41. The molecule has 0 aliphatic carbocycles. The summed E-state index contributed by atoms with van der Waals surface area (Å²) >= 11 is 0. The molecule has 0 saturated carbocycles. The largest absolute Gasteiger partial charge is 0.439 e. The Morgan fingerprint density at radius 3 is 2.91 bits per heavy atom. The van der Waals surface area contributed by atoms with Crippen molar-refractivity contribution in [2.24, 2.45) is 5.92 Å². The lowest BCUT2D eigenvalue weighted by Gasteiger charge is -2.09. The van der Waals surface area contributed by atoms with Crippen molar-refractivity contribution in [3.8, 4) is 11.3 Å². The minimum atomic E-state index is -0.216. The number of urea groups is 1. The molecule has 1 saturated heterocycles. The highest BCUT2D eigenvalue weighted by Gasteiger charge is 2.16. The van der Waals surface area contributed by atoms with Crippen LogP contribution in [-0.4, -0.2) is 30.8 Å². The molecule has 1 aromatic heterocycles. The second-order valence-electron chi connectivity index (χ2n) is 5.28. The van der Waals surface area contributed by atoms with E-state index in [2.05, 4.69) is 15.6 Å². The van der Waals surface area contributed by atoms with Crippen molar-refractivity contribution in [2.75, 3.05) is 19.8 Å². The van der Waals surface area contributed by atoms with Crippen LogP contribution in [0.2, 0.25) is 0 Å². The number of amides is 2. The Balaban J connectivity index is 1.45. The molecule has 22 heavy (non-hydrogen) atoms.